The topological polar surface area (TPSA) is 70.7 Å². The predicted molar refractivity (Wildman–Crippen MR) is 113 cm³/mol. The molecule has 150 valence electrons. The molecule has 0 aliphatic carbocycles. The third kappa shape index (κ3) is 5.97. The number of nitrogens with one attached hydrogen (secondary N) is 2. The Labute approximate surface area is 171 Å². The van der Waals surface area contributed by atoms with Gasteiger partial charge in [0, 0.05) is 30.9 Å². The minimum Gasteiger partial charge on any atom is -0.484 e. The molecule has 3 rings (SSSR count). The molecule has 1 aliphatic rings. The van der Waals surface area contributed by atoms with Crippen molar-refractivity contribution in [3.63, 3.8) is 0 Å². The number of benzene rings is 2. The van der Waals surface area contributed by atoms with E-state index in [2.05, 4.69) is 17.6 Å². The third-order valence-corrected chi connectivity index (χ3v) is 4.38. The Bertz CT molecular complexity index is 796. The van der Waals surface area contributed by atoms with Crippen molar-refractivity contribution in [1.82, 2.24) is 5.32 Å². The summed E-state index contributed by atoms with van der Waals surface area (Å²) in [5, 5.41) is 6.10. The maximum Gasteiger partial charge on any atom is 0.262 e. The van der Waals surface area contributed by atoms with E-state index < -0.39 is 0 Å². The SMILES string of the molecule is CCNCc1cccc(NC(=O)COc2ccc(N3CCCC3=O)cc2)c1.Cl. The second-order valence-electron chi connectivity index (χ2n) is 6.46. The van der Waals surface area contributed by atoms with Crippen LogP contribution in [0.25, 0.3) is 0 Å². The number of hydrogen-bond donors (Lipinski definition) is 2. The van der Waals surface area contributed by atoms with Gasteiger partial charge in [-0.3, -0.25) is 9.59 Å². The number of anilines is 2. The monoisotopic (exact) mass is 403 g/mol. The van der Waals surface area contributed by atoms with Crippen LogP contribution in [0.5, 0.6) is 5.75 Å². The highest BCUT2D eigenvalue weighted by molar-refractivity contribution is 5.95. The first-order chi connectivity index (χ1) is 13.2. The lowest BCUT2D eigenvalue weighted by molar-refractivity contribution is -0.118. The van der Waals surface area contributed by atoms with Crippen LogP contribution in [0.15, 0.2) is 48.5 Å². The molecule has 28 heavy (non-hydrogen) atoms. The molecule has 2 N–H and O–H groups in total. The maximum absolute atomic E-state index is 12.1. The van der Waals surface area contributed by atoms with Crippen molar-refractivity contribution in [3.8, 4) is 5.75 Å². The molecule has 0 aromatic heterocycles. The number of amides is 2. The Morgan fingerprint density at radius 1 is 1.18 bits per heavy atom. The molecular formula is C21H26ClN3O3. The maximum atomic E-state index is 12.1. The lowest BCUT2D eigenvalue weighted by Crippen LogP contribution is -2.23. The third-order valence-electron chi connectivity index (χ3n) is 4.38. The highest BCUT2D eigenvalue weighted by Crippen LogP contribution is 2.23. The fourth-order valence-corrected chi connectivity index (χ4v) is 3.02. The van der Waals surface area contributed by atoms with Gasteiger partial charge in [0.15, 0.2) is 6.61 Å². The fraction of sp³-hybridized carbons (Fsp3) is 0.333. The van der Waals surface area contributed by atoms with E-state index in [4.69, 9.17) is 4.74 Å². The summed E-state index contributed by atoms with van der Waals surface area (Å²) in [6.45, 7) is 4.41. The zero-order chi connectivity index (χ0) is 19.1. The van der Waals surface area contributed by atoms with Gasteiger partial charge in [-0.25, -0.2) is 0 Å². The first-order valence-corrected chi connectivity index (χ1v) is 9.28. The van der Waals surface area contributed by atoms with Crippen LogP contribution < -0.4 is 20.3 Å². The van der Waals surface area contributed by atoms with Gasteiger partial charge in [-0.05, 0) is 54.9 Å². The Morgan fingerprint density at radius 2 is 1.96 bits per heavy atom. The number of hydrogen-bond acceptors (Lipinski definition) is 4. The van der Waals surface area contributed by atoms with Crippen molar-refractivity contribution < 1.29 is 14.3 Å². The number of nitrogens with zero attached hydrogens (tertiary/aromatic N) is 1. The van der Waals surface area contributed by atoms with Crippen LogP contribution in [0.3, 0.4) is 0 Å². The smallest absolute Gasteiger partial charge is 0.262 e. The van der Waals surface area contributed by atoms with Crippen LogP contribution in [0, 0.1) is 0 Å². The van der Waals surface area contributed by atoms with Crippen LogP contribution in [0.2, 0.25) is 0 Å². The number of carbonyl (C=O) groups is 2. The van der Waals surface area contributed by atoms with E-state index in [9.17, 15) is 9.59 Å². The second kappa shape index (κ2) is 10.7. The van der Waals surface area contributed by atoms with Crippen molar-refractivity contribution in [1.29, 1.82) is 0 Å². The molecular weight excluding hydrogens is 378 g/mol. The molecule has 0 atom stereocenters. The van der Waals surface area contributed by atoms with Gasteiger partial charge in [-0.2, -0.15) is 0 Å². The Balaban J connectivity index is 0.00000280. The predicted octanol–water partition coefficient (Wildman–Crippen LogP) is 3.36. The van der Waals surface area contributed by atoms with Gasteiger partial charge in [0.1, 0.15) is 5.75 Å². The van der Waals surface area contributed by atoms with Crippen molar-refractivity contribution in [2.75, 3.05) is 29.9 Å². The van der Waals surface area contributed by atoms with E-state index in [1.807, 2.05) is 36.4 Å². The van der Waals surface area contributed by atoms with E-state index in [1.54, 1.807) is 17.0 Å². The average molecular weight is 404 g/mol. The molecule has 1 fully saturated rings. The summed E-state index contributed by atoms with van der Waals surface area (Å²) < 4.78 is 5.55. The molecule has 1 aliphatic heterocycles. The fourth-order valence-electron chi connectivity index (χ4n) is 3.02. The number of ether oxygens (including phenoxy) is 1. The molecule has 0 radical (unpaired) electrons. The normalized spacial score (nSPS) is 13.2. The summed E-state index contributed by atoms with van der Waals surface area (Å²) in [7, 11) is 0. The number of halogens is 1. The van der Waals surface area contributed by atoms with E-state index >= 15 is 0 Å². The van der Waals surface area contributed by atoms with Crippen molar-refractivity contribution in [2.24, 2.45) is 0 Å². The molecule has 1 heterocycles. The molecule has 6 nitrogen and oxygen atoms in total. The lowest BCUT2D eigenvalue weighted by Gasteiger charge is -2.16. The average Bonchev–Trinajstić information content (AvgIpc) is 3.11. The highest BCUT2D eigenvalue weighted by atomic mass is 35.5. The summed E-state index contributed by atoms with van der Waals surface area (Å²) in [4.78, 5) is 25.7. The molecule has 2 aromatic carbocycles. The van der Waals surface area contributed by atoms with Gasteiger partial charge in [-0.15, -0.1) is 12.4 Å². The van der Waals surface area contributed by atoms with Crippen molar-refractivity contribution >= 4 is 35.6 Å². The first-order valence-electron chi connectivity index (χ1n) is 9.28. The minimum absolute atomic E-state index is 0. The van der Waals surface area contributed by atoms with Crippen LogP contribution in [-0.2, 0) is 16.1 Å². The summed E-state index contributed by atoms with van der Waals surface area (Å²) >= 11 is 0. The van der Waals surface area contributed by atoms with Gasteiger partial charge < -0.3 is 20.3 Å². The minimum atomic E-state index is -0.214. The molecule has 0 saturated carbocycles. The van der Waals surface area contributed by atoms with E-state index in [0.29, 0.717) is 12.2 Å². The van der Waals surface area contributed by atoms with Gasteiger partial charge in [0.2, 0.25) is 5.91 Å². The quantitative estimate of drug-likeness (QED) is 0.709. The number of carbonyl (C=O) groups excluding carboxylic acids is 2. The summed E-state index contributed by atoms with van der Waals surface area (Å²) in [6, 6.07) is 15.0. The Morgan fingerprint density at radius 3 is 2.64 bits per heavy atom. The first kappa shape index (κ1) is 21.7. The van der Waals surface area contributed by atoms with Gasteiger partial charge >= 0.3 is 0 Å². The van der Waals surface area contributed by atoms with Gasteiger partial charge in [0.25, 0.3) is 5.91 Å². The van der Waals surface area contributed by atoms with E-state index in [1.165, 1.54) is 0 Å². The standard InChI is InChI=1S/C21H25N3O3.ClH/c1-2-22-14-16-5-3-6-17(13-16)23-20(25)15-27-19-10-8-18(9-11-19)24-12-4-7-21(24)26;/h3,5-6,8-11,13,22H,2,4,7,12,14-15H2,1H3,(H,23,25);1H. The van der Waals surface area contributed by atoms with E-state index in [-0.39, 0.29) is 30.8 Å². The molecule has 0 unspecified atom stereocenters. The zero-order valence-electron chi connectivity index (χ0n) is 15.9. The van der Waals surface area contributed by atoms with Crippen LogP contribution >= 0.6 is 12.4 Å². The van der Waals surface area contributed by atoms with Crippen molar-refractivity contribution in [2.45, 2.75) is 26.3 Å². The molecule has 0 spiro atoms. The lowest BCUT2D eigenvalue weighted by atomic mass is 10.2. The van der Waals surface area contributed by atoms with Gasteiger partial charge in [0.05, 0.1) is 0 Å². The van der Waals surface area contributed by atoms with Crippen molar-refractivity contribution in [3.05, 3.63) is 54.1 Å². The molecule has 2 aromatic rings. The van der Waals surface area contributed by atoms with E-state index in [0.717, 1.165) is 43.0 Å². The van der Waals surface area contributed by atoms with Crippen LogP contribution in [0.1, 0.15) is 25.3 Å². The largest absolute Gasteiger partial charge is 0.484 e. The summed E-state index contributed by atoms with van der Waals surface area (Å²) in [5.41, 5.74) is 2.73. The molecule has 0 bridgehead atoms. The van der Waals surface area contributed by atoms with Gasteiger partial charge in [-0.1, -0.05) is 19.1 Å². The molecule has 1 saturated heterocycles. The number of rotatable bonds is 8. The molecule has 7 heteroatoms. The summed E-state index contributed by atoms with van der Waals surface area (Å²) in [5.74, 6) is 0.537. The Kier molecular flexibility index (Phi) is 8.29. The second-order valence-corrected chi connectivity index (χ2v) is 6.46. The highest BCUT2D eigenvalue weighted by Gasteiger charge is 2.21. The summed E-state index contributed by atoms with van der Waals surface area (Å²) in [6.07, 6.45) is 1.50. The molecule has 2 amide bonds. The Hall–Kier alpha value is -2.57. The van der Waals surface area contributed by atoms with Crippen LogP contribution in [0.4, 0.5) is 11.4 Å². The van der Waals surface area contributed by atoms with Crippen LogP contribution in [-0.4, -0.2) is 31.5 Å². The zero-order valence-corrected chi connectivity index (χ0v) is 16.8.